The first kappa shape index (κ1) is 14.8. The van der Waals surface area contributed by atoms with Crippen molar-refractivity contribution in [2.45, 2.75) is 6.54 Å². The lowest BCUT2D eigenvalue weighted by atomic mass is 10.1. The Morgan fingerprint density at radius 3 is 2.95 bits per heavy atom. The van der Waals surface area contributed by atoms with Gasteiger partial charge in [-0.1, -0.05) is 11.8 Å². The summed E-state index contributed by atoms with van der Waals surface area (Å²) in [5.74, 6) is 3.97. The fourth-order valence-electron chi connectivity index (χ4n) is 1.81. The van der Waals surface area contributed by atoms with E-state index >= 15 is 0 Å². The number of nitrogens with zero attached hydrogens (tertiary/aromatic N) is 2. The van der Waals surface area contributed by atoms with Crippen LogP contribution in [0, 0.1) is 17.7 Å². The van der Waals surface area contributed by atoms with Gasteiger partial charge < -0.3 is 10.0 Å². The largest absolute Gasteiger partial charge is 0.384 e. The SMILES string of the molecule is CN(Cc1cn[nH]c1)C(=O)c1ccc(C#CCO)c(F)c1. The normalized spacial score (nSPS) is 9.86. The number of aliphatic hydroxyl groups is 1. The predicted octanol–water partition coefficient (Wildman–Crippen LogP) is 1.16. The molecule has 2 N–H and O–H groups in total. The Kier molecular flexibility index (Phi) is 4.69. The van der Waals surface area contributed by atoms with E-state index < -0.39 is 5.82 Å². The highest BCUT2D eigenvalue weighted by molar-refractivity contribution is 5.94. The van der Waals surface area contributed by atoms with Crippen LogP contribution < -0.4 is 0 Å². The van der Waals surface area contributed by atoms with Crippen LogP contribution in [0.2, 0.25) is 0 Å². The van der Waals surface area contributed by atoms with E-state index in [1.165, 1.54) is 17.0 Å². The molecular weight excluding hydrogens is 273 g/mol. The Hall–Kier alpha value is -2.65. The summed E-state index contributed by atoms with van der Waals surface area (Å²) in [6.45, 7) is 0.0383. The van der Waals surface area contributed by atoms with Crippen molar-refractivity contribution in [2.24, 2.45) is 0 Å². The molecule has 2 rings (SSSR count). The van der Waals surface area contributed by atoms with Gasteiger partial charge in [0.25, 0.3) is 5.91 Å². The summed E-state index contributed by atoms with van der Waals surface area (Å²) < 4.78 is 13.8. The van der Waals surface area contributed by atoms with E-state index in [0.717, 1.165) is 11.6 Å². The van der Waals surface area contributed by atoms with Crippen molar-refractivity contribution in [1.82, 2.24) is 15.1 Å². The molecule has 108 valence electrons. The Morgan fingerprint density at radius 1 is 1.52 bits per heavy atom. The smallest absolute Gasteiger partial charge is 0.254 e. The molecule has 1 heterocycles. The van der Waals surface area contributed by atoms with Gasteiger partial charge in [-0.3, -0.25) is 9.89 Å². The van der Waals surface area contributed by atoms with E-state index in [1.54, 1.807) is 19.4 Å². The number of hydrogen-bond donors (Lipinski definition) is 2. The summed E-state index contributed by atoms with van der Waals surface area (Å²) in [6.07, 6.45) is 3.32. The molecule has 5 nitrogen and oxygen atoms in total. The standard InChI is InChI=1S/C15H14FN3O2/c1-19(10-11-8-17-18-9-11)15(21)13-5-4-12(3-2-6-20)14(16)7-13/h4-5,7-9,20H,6,10H2,1H3,(H,17,18). The number of hydrogen-bond acceptors (Lipinski definition) is 3. The number of carbonyl (C=O) groups excluding carboxylic acids is 1. The second-order valence-corrected chi connectivity index (χ2v) is 4.42. The van der Waals surface area contributed by atoms with E-state index in [4.69, 9.17) is 5.11 Å². The molecule has 1 amide bonds. The van der Waals surface area contributed by atoms with E-state index in [0.29, 0.717) is 6.54 Å². The molecule has 6 heteroatoms. The molecule has 0 unspecified atom stereocenters. The molecule has 1 aromatic heterocycles. The zero-order chi connectivity index (χ0) is 15.2. The van der Waals surface area contributed by atoms with Crippen LogP contribution in [0.25, 0.3) is 0 Å². The average molecular weight is 287 g/mol. The predicted molar refractivity (Wildman–Crippen MR) is 74.7 cm³/mol. The van der Waals surface area contributed by atoms with Gasteiger partial charge in [-0.05, 0) is 18.2 Å². The molecule has 0 aliphatic carbocycles. The molecule has 1 aromatic carbocycles. The summed E-state index contributed by atoms with van der Waals surface area (Å²) in [5.41, 5.74) is 1.25. The van der Waals surface area contributed by atoms with Gasteiger partial charge in [0, 0.05) is 30.9 Å². The summed E-state index contributed by atoms with van der Waals surface area (Å²) in [4.78, 5) is 13.7. The zero-order valence-electron chi connectivity index (χ0n) is 11.4. The minimum atomic E-state index is -0.585. The average Bonchev–Trinajstić information content (AvgIpc) is 2.98. The number of H-pyrrole nitrogens is 1. The summed E-state index contributed by atoms with van der Waals surface area (Å²) in [7, 11) is 1.63. The van der Waals surface area contributed by atoms with Crippen LogP contribution in [-0.4, -0.2) is 39.8 Å². The maximum absolute atomic E-state index is 13.8. The minimum absolute atomic E-state index is 0.151. The monoisotopic (exact) mass is 287 g/mol. The Labute approximate surface area is 121 Å². The van der Waals surface area contributed by atoms with E-state index in [2.05, 4.69) is 22.0 Å². The van der Waals surface area contributed by atoms with Crippen LogP contribution in [-0.2, 0) is 6.54 Å². The molecule has 0 atom stereocenters. The lowest BCUT2D eigenvalue weighted by Gasteiger charge is -2.16. The van der Waals surface area contributed by atoms with Gasteiger partial charge in [0.05, 0.1) is 11.8 Å². The molecule has 0 radical (unpaired) electrons. The zero-order valence-corrected chi connectivity index (χ0v) is 11.4. The van der Waals surface area contributed by atoms with Crippen molar-refractivity contribution < 1.29 is 14.3 Å². The van der Waals surface area contributed by atoms with Gasteiger partial charge in [-0.2, -0.15) is 5.10 Å². The van der Waals surface area contributed by atoms with Crippen LogP contribution in [0.5, 0.6) is 0 Å². The van der Waals surface area contributed by atoms with Gasteiger partial charge in [-0.25, -0.2) is 4.39 Å². The van der Waals surface area contributed by atoms with Crippen LogP contribution in [0.4, 0.5) is 4.39 Å². The lowest BCUT2D eigenvalue weighted by molar-refractivity contribution is 0.0784. The van der Waals surface area contributed by atoms with Crippen molar-refractivity contribution in [1.29, 1.82) is 0 Å². The second-order valence-electron chi connectivity index (χ2n) is 4.42. The Bertz CT molecular complexity index is 687. The van der Waals surface area contributed by atoms with Gasteiger partial charge in [0.2, 0.25) is 0 Å². The quantitative estimate of drug-likeness (QED) is 0.832. The number of nitrogens with one attached hydrogen (secondary N) is 1. The van der Waals surface area contributed by atoms with Crippen LogP contribution in [0.3, 0.4) is 0 Å². The molecular formula is C15H14FN3O2. The van der Waals surface area contributed by atoms with Gasteiger partial charge >= 0.3 is 0 Å². The van der Waals surface area contributed by atoms with E-state index in [1.807, 2.05) is 0 Å². The highest BCUT2D eigenvalue weighted by atomic mass is 19.1. The molecule has 0 saturated heterocycles. The summed E-state index contributed by atoms with van der Waals surface area (Å²) >= 11 is 0. The fraction of sp³-hybridized carbons (Fsp3) is 0.200. The lowest BCUT2D eigenvalue weighted by Crippen LogP contribution is -2.26. The Balaban J connectivity index is 2.14. The first-order valence-corrected chi connectivity index (χ1v) is 6.24. The molecule has 0 bridgehead atoms. The molecule has 0 fully saturated rings. The highest BCUT2D eigenvalue weighted by Crippen LogP contribution is 2.12. The van der Waals surface area contributed by atoms with Crippen LogP contribution in [0.1, 0.15) is 21.5 Å². The van der Waals surface area contributed by atoms with Gasteiger partial charge in [0.1, 0.15) is 12.4 Å². The number of halogens is 1. The number of aromatic nitrogens is 2. The summed E-state index contributed by atoms with van der Waals surface area (Å²) in [6, 6.07) is 4.09. The van der Waals surface area contributed by atoms with Crippen molar-refractivity contribution >= 4 is 5.91 Å². The van der Waals surface area contributed by atoms with Crippen molar-refractivity contribution in [3.8, 4) is 11.8 Å². The Morgan fingerprint density at radius 2 is 2.33 bits per heavy atom. The number of rotatable bonds is 3. The van der Waals surface area contributed by atoms with Gasteiger partial charge in [-0.15, -0.1) is 0 Å². The molecule has 2 aromatic rings. The maximum atomic E-state index is 13.8. The summed E-state index contributed by atoms with van der Waals surface area (Å²) in [5, 5.41) is 15.1. The number of carbonyl (C=O) groups is 1. The topological polar surface area (TPSA) is 69.2 Å². The highest BCUT2D eigenvalue weighted by Gasteiger charge is 2.14. The minimum Gasteiger partial charge on any atom is -0.384 e. The molecule has 0 aliphatic rings. The number of amides is 1. The second kappa shape index (κ2) is 6.68. The first-order valence-electron chi connectivity index (χ1n) is 6.24. The third-order valence-corrected chi connectivity index (χ3v) is 2.84. The van der Waals surface area contributed by atoms with E-state index in [9.17, 15) is 9.18 Å². The third kappa shape index (κ3) is 3.68. The van der Waals surface area contributed by atoms with Gasteiger partial charge in [0.15, 0.2) is 0 Å². The van der Waals surface area contributed by atoms with Crippen molar-refractivity contribution in [3.63, 3.8) is 0 Å². The number of benzene rings is 1. The molecule has 21 heavy (non-hydrogen) atoms. The number of aliphatic hydroxyl groups excluding tert-OH is 1. The number of aromatic amines is 1. The third-order valence-electron chi connectivity index (χ3n) is 2.84. The fourth-order valence-corrected chi connectivity index (χ4v) is 1.81. The first-order chi connectivity index (χ1) is 10.1. The van der Waals surface area contributed by atoms with Crippen LogP contribution in [0.15, 0.2) is 30.6 Å². The molecule has 0 aliphatic heterocycles. The maximum Gasteiger partial charge on any atom is 0.254 e. The van der Waals surface area contributed by atoms with Crippen molar-refractivity contribution in [2.75, 3.05) is 13.7 Å². The molecule has 0 saturated carbocycles. The molecule has 0 spiro atoms. The van der Waals surface area contributed by atoms with E-state index in [-0.39, 0.29) is 23.6 Å². The van der Waals surface area contributed by atoms with Crippen molar-refractivity contribution in [3.05, 3.63) is 53.1 Å². The van der Waals surface area contributed by atoms with Crippen LogP contribution >= 0.6 is 0 Å².